The van der Waals surface area contributed by atoms with Crippen molar-refractivity contribution in [3.8, 4) is 0 Å². The summed E-state index contributed by atoms with van der Waals surface area (Å²) >= 11 is 5.96. The Balaban J connectivity index is 1.65. The first-order valence-electron chi connectivity index (χ1n) is 7.00. The van der Waals surface area contributed by atoms with Crippen LogP contribution in [0.1, 0.15) is 6.42 Å². The van der Waals surface area contributed by atoms with Crippen LogP contribution in [-0.4, -0.2) is 56.6 Å². The van der Waals surface area contributed by atoms with Gasteiger partial charge in [-0.25, -0.2) is 0 Å². The molecule has 0 radical (unpaired) electrons. The number of anilines is 1. The van der Waals surface area contributed by atoms with Crippen LogP contribution in [-0.2, 0) is 0 Å². The molecule has 0 amide bonds. The normalized spacial score (nSPS) is 20.1. The molecule has 1 aliphatic heterocycles. The topological polar surface area (TPSA) is 18.5 Å². The Kier molecular flexibility index (Phi) is 5.49. The number of halogens is 1. The lowest BCUT2D eigenvalue weighted by molar-refractivity contribution is 0.281. The second-order valence-corrected chi connectivity index (χ2v) is 6.05. The molecule has 19 heavy (non-hydrogen) atoms. The van der Waals surface area contributed by atoms with Gasteiger partial charge in [-0.1, -0.05) is 17.7 Å². The summed E-state index contributed by atoms with van der Waals surface area (Å²) in [5, 5.41) is 4.20. The van der Waals surface area contributed by atoms with Gasteiger partial charge >= 0.3 is 0 Å². The van der Waals surface area contributed by atoms with Crippen LogP contribution in [0.15, 0.2) is 24.3 Å². The van der Waals surface area contributed by atoms with E-state index in [1.807, 2.05) is 18.2 Å². The fraction of sp³-hybridized carbons (Fsp3) is 0.600. The van der Waals surface area contributed by atoms with E-state index in [2.05, 4.69) is 35.3 Å². The van der Waals surface area contributed by atoms with Crippen LogP contribution in [0, 0.1) is 5.92 Å². The van der Waals surface area contributed by atoms with E-state index in [0.29, 0.717) is 0 Å². The fourth-order valence-electron chi connectivity index (χ4n) is 2.70. The van der Waals surface area contributed by atoms with E-state index < -0.39 is 0 Å². The predicted molar refractivity (Wildman–Crippen MR) is 83.0 cm³/mol. The zero-order chi connectivity index (χ0) is 13.7. The molecule has 1 atom stereocenters. The Hall–Kier alpha value is -0.770. The van der Waals surface area contributed by atoms with Gasteiger partial charge < -0.3 is 15.1 Å². The number of hydrogen-bond donors (Lipinski definition) is 1. The van der Waals surface area contributed by atoms with Crippen LogP contribution < -0.4 is 5.32 Å². The highest BCUT2D eigenvalue weighted by atomic mass is 35.5. The Morgan fingerprint density at radius 1 is 1.47 bits per heavy atom. The molecule has 0 spiro atoms. The predicted octanol–water partition coefficient (Wildman–Crippen LogP) is 2.64. The fourth-order valence-corrected chi connectivity index (χ4v) is 2.89. The van der Waals surface area contributed by atoms with Gasteiger partial charge in [0.1, 0.15) is 0 Å². The van der Waals surface area contributed by atoms with Gasteiger partial charge in [-0.2, -0.15) is 0 Å². The molecular formula is C15H24ClN3. The maximum atomic E-state index is 5.96. The minimum atomic E-state index is 0.785. The van der Waals surface area contributed by atoms with E-state index in [-0.39, 0.29) is 0 Å². The van der Waals surface area contributed by atoms with Crippen molar-refractivity contribution in [2.75, 3.05) is 52.1 Å². The Morgan fingerprint density at radius 3 is 3.00 bits per heavy atom. The SMILES string of the molecule is CN(CCNc1cccc(Cl)c1)CC1CCN(C)C1. The van der Waals surface area contributed by atoms with Crippen molar-refractivity contribution in [3.63, 3.8) is 0 Å². The van der Waals surface area contributed by atoms with Crippen molar-refractivity contribution in [2.45, 2.75) is 6.42 Å². The van der Waals surface area contributed by atoms with Crippen molar-refractivity contribution in [1.29, 1.82) is 0 Å². The quantitative estimate of drug-likeness (QED) is 0.865. The van der Waals surface area contributed by atoms with Crippen molar-refractivity contribution < 1.29 is 0 Å². The number of nitrogens with one attached hydrogen (secondary N) is 1. The largest absolute Gasteiger partial charge is 0.384 e. The Labute approximate surface area is 121 Å². The lowest BCUT2D eigenvalue weighted by Gasteiger charge is -2.21. The van der Waals surface area contributed by atoms with E-state index in [9.17, 15) is 0 Å². The number of nitrogens with zero attached hydrogens (tertiary/aromatic N) is 2. The summed E-state index contributed by atoms with van der Waals surface area (Å²) in [5.74, 6) is 0.834. The highest BCUT2D eigenvalue weighted by molar-refractivity contribution is 6.30. The third-order valence-corrected chi connectivity index (χ3v) is 3.94. The molecule has 106 valence electrons. The maximum Gasteiger partial charge on any atom is 0.0426 e. The smallest absolute Gasteiger partial charge is 0.0426 e. The molecule has 4 heteroatoms. The number of likely N-dealkylation sites (N-methyl/N-ethyl adjacent to an activating group) is 1. The molecule has 1 aromatic rings. The third kappa shape index (κ3) is 5.01. The Bertz CT molecular complexity index is 397. The van der Waals surface area contributed by atoms with Crippen LogP contribution in [0.25, 0.3) is 0 Å². The third-order valence-electron chi connectivity index (χ3n) is 3.71. The first-order chi connectivity index (χ1) is 9.13. The van der Waals surface area contributed by atoms with Crippen LogP contribution in [0.3, 0.4) is 0 Å². The van der Waals surface area contributed by atoms with Crippen LogP contribution in [0.5, 0.6) is 0 Å². The summed E-state index contributed by atoms with van der Waals surface area (Å²) in [7, 11) is 4.42. The lowest BCUT2D eigenvalue weighted by Crippen LogP contribution is -2.31. The monoisotopic (exact) mass is 281 g/mol. The molecule has 1 N–H and O–H groups in total. The van der Waals surface area contributed by atoms with Crippen molar-refractivity contribution in [1.82, 2.24) is 9.80 Å². The van der Waals surface area contributed by atoms with Gasteiger partial charge in [-0.05, 0) is 51.2 Å². The average Bonchev–Trinajstić information content (AvgIpc) is 2.75. The van der Waals surface area contributed by atoms with Crippen LogP contribution in [0.2, 0.25) is 5.02 Å². The standard InChI is InChI=1S/C15H24ClN3/c1-18-8-6-13(11-18)12-19(2)9-7-17-15-5-3-4-14(16)10-15/h3-5,10,13,17H,6-9,11-12H2,1-2H3. The molecule has 1 fully saturated rings. The lowest BCUT2D eigenvalue weighted by atomic mass is 10.1. The highest BCUT2D eigenvalue weighted by Gasteiger charge is 2.20. The number of likely N-dealkylation sites (tertiary alicyclic amines) is 1. The summed E-state index contributed by atoms with van der Waals surface area (Å²) < 4.78 is 0. The molecule has 0 aromatic heterocycles. The summed E-state index contributed by atoms with van der Waals surface area (Å²) in [6.45, 7) is 5.71. The van der Waals surface area contributed by atoms with Gasteiger partial charge in [0, 0.05) is 36.9 Å². The first-order valence-corrected chi connectivity index (χ1v) is 7.38. The van der Waals surface area contributed by atoms with Gasteiger partial charge in [-0.3, -0.25) is 0 Å². The van der Waals surface area contributed by atoms with Gasteiger partial charge in [0.15, 0.2) is 0 Å². The van der Waals surface area contributed by atoms with Crippen molar-refractivity contribution >= 4 is 17.3 Å². The molecule has 1 aromatic carbocycles. The minimum absolute atomic E-state index is 0.785. The molecule has 0 saturated carbocycles. The number of rotatable bonds is 6. The summed E-state index contributed by atoms with van der Waals surface area (Å²) in [4.78, 5) is 4.84. The van der Waals surface area contributed by atoms with Crippen molar-refractivity contribution in [2.24, 2.45) is 5.92 Å². The second-order valence-electron chi connectivity index (χ2n) is 5.62. The molecule has 1 heterocycles. The van der Waals surface area contributed by atoms with Gasteiger partial charge in [0.2, 0.25) is 0 Å². The maximum absolute atomic E-state index is 5.96. The summed E-state index contributed by atoms with van der Waals surface area (Å²) in [6.07, 6.45) is 1.34. The second kappa shape index (κ2) is 7.13. The molecular weight excluding hydrogens is 258 g/mol. The molecule has 1 unspecified atom stereocenters. The van der Waals surface area contributed by atoms with E-state index in [0.717, 1.165) is 29.7 Å². The number of benzene rings is 1. The van der Waals surface area contributed by atoms with Gasteiger partial charge in [0.25, 0.3) is 0 Å². The molecule has 0 aliphatic carbocycles. The van der Waals surface area contributed by atoms with E-state index >= 15 is 0 Å². The minimum Gasteiger partial charge on any atom is -0.384 e. The first kappa shape index (κ1) is 14.6. The average molecular weight is 282 g/mol. The molecule has 2 rings (SSSR count). The Morgan fingerprint density at radius 2 is 2.32 bits per heavy atom. The summed E-state index contributed by atoms with van der Waals surface area (Å²) in [5.41, 5.74) is 1.10. The molecule has 0 bridgehead atoms. The molecule has 1 aliphatic rings. The molecule has 3 nitrogen and oxygen atoms in total. The highest BCUT2D eigenvalue weighted by Crippen LogP contribution is 2.16. The van der Waals surface area contributed by atoms with Crippen molar-refractivity contribution in [3.05, 3.63) is 29.3 Å². The zero-order valence-corrected chi connectivity index (χ0v) is 12.7. The summed E-state index contributed by atoms with van der Waals surface area (Å²) in [6, 6.07) is 7.89. The van der Waals surface area contributed by atoms with E-state index in [1.54, 1.807) is 0 Å². The van der Waals surface area contributed by atoms with E-state index in [1.165, 1.54) is 26.1 Å². The number of hydrogen-bond acceptors (Lipinski definition) is 3. The van der Waals surface area contributed by atoms with Gasteiger partial charge in [-0.15, -0.1) is 0 Å². The zero-order valence-electron chi connectivity index (χ0n) is 11.9. The van der Waals surface area contributed by atoms with E-state index in [4.69, 9.17) is 11.6 Å². The van der Waals surface area contributed by atoms with Gasteiger partial charge in [0.05, 0.1) is 0 Å². The van der Waals surface area contributed by atoms with Crippen LogP contribution >= 0.6 is 11.6 Å². The molecule has 1 saturated heterocycles. The van der Waals surface area contributed by atoms with Crippen LogP contribution in [0.4, 0.5) is 5.69 Å².